The summed E-state index contributed by atoms with van der Waals surface area (Å²) < 4.78 is 10.6. The molecule has 0 N–H and O–H groups in total. The summed E-state index contributed by atoms with van der Waals surface area (Å²) >= 11 is 0. The van der Waals surface area contributed by atoms with Gasteiger partial charge in [0.2, 0.25) is 0 Å². The summed E-state index contributed by atoms with van der Waals surface area (Å²) in [7, 11) is 1.63. The van der Waals surface area contributed by atoms with Gasteiger partial charge in [0.05, 0.1) is 7.11 Å². The largest absolute Gasteiger partial charge is 0.497 e. The maximum absolute atomic E-state index is 12.2. The quantitative estimate of drug-likeness (QED) is 0.791. The van der Waals surface area contributed by atoms with E-state index in [0.29, 0.717) is 19.5 Å². The van der Waals surface area contributed by atoms with Crippen molar-refractivity contribution in [3.05, 3.63) is 29.8 Å². The van der Waals surface area contributed by atoms with Crippen LogP contribution in [0.3, 0.4) is 0 Å². The average Bonchev–Trinajstić information content (AvgIpc) is 2.54. The van der Waals surface area contributed by atoms with Crippen LogP contribution in [0.1, 0.15) is 45.6 Å². The Hall–Kier alpha value is -2.04. The number of carbonyl (C=O) groups excluding carboxylic acids is 2. The molecule has 1 aromatic rings. The molecule has 1 aliphatic rings. The highest BCUT2D eigenvalue weighted by molar-refractivity contribution is 5.68. The van der Waals surface area contributed by atoms with Crippen LogP contribution in [0, 0.1) is 0 Å². The van der Waals surface area contributed by atoms with Crippen molar-refractivity contribution in [3.8, 4) is 5.75 Å². The molecule has 1 aromatic carbocycles. The Bertz CT molecular complexity index is 566. The van der Waals surface area contributed by atoms with Gasteiger partial charge in [-0.2, -0.15) is 0 Å². The molecule has 5 nitrogen and oxygen atoms in total. The predicted molar refractivity (Wildman–Crippen MR) is 92.4 cm³/mol. The van der Waals surface area contributed by atoms with Gasteiger partial charge >= 0.3 is 6.09 Å². The molecule has 5 heteroatoms. The normalized spacial score (nSPS) is 17.2. The Kier molecular flexibility index (Phi) is 5.52. The molecule has 0 bridgehead atoms. The zero-order chi connectivity index (χ0) is 17.8. The summed E-state index contributed by atoms with van der Waals surface area (Å²) in [6.45, 7) is 6.78. The molecule has 1 heterocycles. The lowest BCUT2D eigenvalue weighted by Gasteiger charge is -2.41. The van der Waals surface area contributed by atoms with Crippen LogP contribution in [0.15, 0.2) is 24.3 Å². The van der Waals surface area contributed by atoms with Crippen molar-refractivity contribution >= 4 is 12.4 Å². The number of benzene rings is 1. The standard InChI is InChI=1S/C19H27NO4/c1-18(2,3)24-17(22)20-12-9-19(10-13-20,11-14-21)15-5-7-16(23-4)8-6-15/h5-8,14H,9-13H2,1-4H3. The van der Waals surface area contributed by atoms with Gasteiger partial charge in [-0.25, -0.2) is 4.79 Å². The number of amides is 1. The van der Waals surface area contributed by atoms with Crippen LogP contribution < -0.4 is 4.74 Å². The molecule has 1 aliphatic heterocycles. The second-order valence-corrected chi connectivity index (χ2v) is 7.35. The van der Waals surface area contributed by atoms with E-state index >= 15 is 0 Å². The highest BCUT2D eigenvalue weighted by Crippen LogP contribution is 2.39. The minimum absolute atomic E-state index is 0.216. The third-order valence-electron chi connectivity index (χ3n) is 4.55. The highest BCUT2D eigenvalue weighted by atomic mass is 16.6. The molecule has 0 atom stereocenters. The molecular weight excluding hydrogens is 306 g/mol. The smallest absolute Gasteiger partial charge is 0.410 e. The zero-order valence-corrected chi connectivity index (χ0v) is 15.0. The predicted octanol–water partition coefficient (Wildman–Crippen LogP) is 3.55. The summed E-state index contributed by atoms with van der Waals surface area (Å²) in [6.07, 6.45) is 2.65. The van der Waals surface area contributed by atoms with Crippen LogP contribution in [0.2, 0.25) is 0 Å². The van der Waals surface area contributed by atoms with Gasteiger partial charge in [0.15, 0.2) is 0 Å². The fraction of sp³-hybridized carbons (Fsp3) is 0.579. The highest BCUT2D eigenvalue weighted by Gasteiger charge is 2.38. The molecule has 0 radical (unpaired) electrons. The van der Waals surface area contributed by atoms with E-state index < -0.39 is 5.60 Å². The number of hydrogen-bond acceptors (Lipinski definition) is 4. The minimum atomic E-state index is -0.496. The van der Waals surface area contributed by atoms with Crippen molar-refractivity contribution in [1.29, 1.82) is 0 Å². The average molecular weight is 333 g/mol. The topological polar surface area (TPSA) is 55.8 Å². The van der Waals surface area contributed by atoms with Gasteiger partial charge in [-0.3, -0.25) is 0 Å². The molecule has 1 fully saturated rings. The third kappa shape index (κ3) is 4.28. The van der Waals surface area contributed by atoms with E-state index in [1.54, 1.807) is 12.0 Å². The number of carbonyl (C=O) groups is 2. The van der Waals surface area contributed by atoms with E-state index in [-0.39, 0.29) is 11.5 Å². The Morgan fingerprint density at radius 1 is 1.21 bits per heavy atom. The first-order chi connectivity index (χ1) is 11.3. The van der Waals surface area contributed by atoms with E-state index in [0.717, 1.165) is 30.4 Å². The molecule has 24 heavy (non-hydrogen) atoms. The van der Waals surface area contributed by atoms with Gasteiger partial charge in [0.1, 0.15) is 17.6 Å². The molecule has 0 spiro atoms. The van der Waals surface area contributed by atoms with Crippen molar-refractivity contribution in [3.63, 3.8) is 0 Å². The van der Waals surface area contributed by atoms with Crippen LogP contribution in [-0.2, 0) is 14.9 Å². The number of hydrogen-bond donors (Lipinski definition) is 0. The first-order valence-electron chi connectivity index (χ1n) is 8.36. The molecule has 1 amide bonds. The summed E-state index contributed by atoms with van der Waals surface area (Å²) in [5.41, 5.74) is 0.413. The fourth-order valence-corrected chi connectivity index (χ4v) is 3.16. The van der Waals surface area contributed by atoms with Crippen LogP contribution >= 0.6 is 0 Å². The maximum Gasteiger partial charge on any atom is 0.410 e. The van der Waals surface area contributed by atoms with Crippen LogP contribution in [-0.4, -0.2) is 43.1 Å². The third-order valence-corrected chi connectivity index (χ3v) is 4.55. The first kappa shape index (κ1) is 18.3. The van der Waals surface area contributed by atoms with E-state index in [1.165, 1.54) is 0 Å². The van der Waals surface area contributed by atoms with Gasteiger partial charge in [-0.1, -0.05) is 12.1 Å². The van der Waals surface area contributed by atoms with Gasteiger partial charge < -0.3 is 19.2 Å². The fourth-order valence-electron chi connectivity index (χ4n) is 3.16. The number of nitrogens with zero attached hydrogens (tertiary/aromatic N) is 1. The van der Waals surface area contributed by atoms with Gasteiger partial charge in [0.25, 0.3) is 0 Å². The maximum atomic E-state index is 12.2. The summed E-state index contributed by atoms with van der Waals surface area (Å²) in [4.78, 5) is 25.2. The SMILES string of the molecule is COc1ccc(C2(CC=O)CCN(C(=O)OC(C)(C)C)CC2)cc1. The number of rotatable bonds is 4. The molecule has 0 saturated carbocycles. The molecule has 1 saturated heterocycles. The van der Waals surface area contributed by atoms with Crippen molar-refractivity contribution in [2.75, 3.05) is 20.2 Å². The number of methoxy groups -OCH3 is 1. The second kappa shape index (κ2) is 7.24. The van der Waals surface area contributed by atoms with Crippen molar-refractivity contribution in [2.45, 2.75) is 51.0 Å². The summed E-state index contributed by atoms with van der Waals surface area (Å²) in [5, 5.41) is 0. The van der Waals surface area contributed by atoms with Crippen LogP contribution in [0.25, 0.3) is 0 Å². The number of likely N-dealkylation sites (tertiary alicyclic amines) is 1. The van der Waals surface area contributed by atoms with Crippen LogP contribution in [0.4, 0.5) is 4.79 Å². The summed E-state index contributed by atoms with van der Waals surface area (Å²) in [5.74, 6) is 0.797. The van der Waals surface area contributed by atoms with E-state index in [4.69, 9.17) is 9.47 Å². The molecule has 0 aromatic heterocycles. The molecular formula is C19H27NO4. The second-order valence-electron chi connectivity index (χ2n) is 7.35. The van der Waals surface area contributed by atoms with Gasteiger partial charge in [-0.05, 0) is 51.3 Å². The molecule has 132 valence electrons. The van der Waals surface area contributed by atoms with E-state index in [2.05, 4.69) is 0 Å². The van der Waals surface area contributed by atoms with Crippen molar-refractivity contribution < 1.29 is 19.1 Å². The lowest BCUT2D eigenvalue weighted by molar-refractivity contribution is -0.109. The van der Waals surface area contributed by atoms with Crippen molar-refractivity contribution in [1.82, 2.24) is 4.90 Å². The number of piperidine rings is 1. The number of aldehydes is 1. The lowest BCUT2D eigenvalue weighted by Crippen LogP contribution is -2.47. The Labute approximate surface area is 143 Å². The minimum Gasteiger partial charge on any atom is -0.497 e. The Morgan fingerprint density at radius 3 is 2.25 bits per heavy atom. The zero-order valence-electron chi connectivity index (χ0n) is 15.0. The molecule has 2 rings (SSSR count). The summed E-state index contributed by atoms with van der Waals surface area (Å²) in [6, 6.07) is 7.88. The molecule has 0 unspecified atom stereocenters. The van der Waals surface area contributed by atoms with Crippen LogP contribution in [0.5, 0.6) is 5.75 Å². The monoisotopic (exact) mass is 333 g/mol. The first-order valence-corrected chi connectivity index (χ1v) is 8.36. The Morgan fingerprint density at radius 2 is 1.79 bits per heavy atom. The number of ether oxygens (including phenoxy) is 2. The molecule has 0 aliphatic carbocycles. The van der Waals surface area contributed by atoms with Gasteiger partial charge in [-0.15, -0.1) is 0 Å². The van der Waals surface area contributed by atoms with Crippen molar-refractivity contribution in [2.24, 2.45) is 0 Å². The lowest BCUT2D eigenvalue weighted by atomic mass is 9.71. The Balaban J connectivity index is 2.10. The van der Waals surface area contributed by atoms with E-state index in [1.807, 2.05) is 45.0 Å². The van der Waals surface area contributed by atoms with E-state index in [9.17, 15) is 9.59 Å². The van der Waals surface area contributed by atoms with Gasteiger partial charge in [0, 0.05) is 24.9 Å².